The number of aromatic hydroxyl groups is 3. The third-order valence-electron chi connectivity index (χ3n) is 19.1. The second kappa shape index (κ2) is 22.2. The summed E-state index contributed by atoms with van der Waals surface area (Å²) in [5.74, 6) is -9.76. The van der Waals surface area contributed by atoms with Crippen LogP contribution in [0.15, 0.2) is 80.3 Å². The van der Waals surface area contributed by atoms with Gasteiger partial charge in [0.2, 0.25) is 17.2 Å². The largest absolute Gasteiger partial charge is 0.507 e. The van der Waals surface area contributed by atoms with E-state index in [-0.39, 0.29) is 58.0 Å². The first-order chi connectivity index (χ1) is 41.9. The average molecular weight is 1220 g/mol. The highest BCUT2D eigenvalue weighted by Crippen LogP contribution is 2.58. The molecule has 4 fully saturated rings. The minimum absolute atomic E-state index is 0.0149. The van der Waals surface area contributed by atoms with Gasteiger partial charge in [-0.1, -0.05) is 62.5 Å². The van der Waals surface area contributed by atoms with Gasteiger partial charge in [-0.25, -0.2) is 9.59 Å². The number of nitrogens with one attached hydrogen (secondary N) is 3. The number of piperidine rings is 1. The molecule has 25 nitrogen and oxygen atoms in total. The summed E-state index contributed by atoms with van der Waals surface area (Å²) < 4.78 is 32.6. The Morgan fingerprint density at radius 3 is 2.41 bits per heavy atom. The van der Waals surface area contributed by atoms with Crippen LogP contribution < -0.4 is 20.8 Å². The number of aromatic nitrogens is 1. The second-order valence-electron chi connectivity index (χ2n) is 24.4. The predicted octanol–water partition coefficient (Wildman–Crippen LogP) is 0.568. The van der Waals surface area contributed by atoms with Crippen molar-refractivity contribution >= 4 is 29.2 Å². The molecule has 0 radical (unpaired) electrons. The predicted molar refractivity (Wildman–Crippen MR) is 303 cm³/mol. The number of fused-ring (bicyclic) bond motifs is 7. The number of aliphatic hydroxyl groups is 9. The number of aromatic amines is 1. The zero-order chi connectivity index (χ0) is 62.6. The van der Waals surface area contributed by atoms with Gasteiger partial charge in [0.05, 0.1) is 12.6 Å². The van der Waals surface area contributed by atoms with E-state index in [0.717, 1.165) is 55.5 Å². The highest BCUT2D eigenvalue weighted by atomic mass is 16.8. The molecular weight excluding hydrogens is 1150 g/mol. The second-order valence-corrected chi connectivity index (χ2v) is 24.4. The number of rotatable bonds is 12. The maximum absolute atomic E-state index is 16.2. The number of benzene rings is 2. The lowest BCUT2D eigenvalue weighted by Crippen LogP contribution is -2.81. The summed E-state index contributed by atoms with van der Waals surface area (Å²) in [6.07, 6.45) is -5.79. The van der Waals surface area contributed by atoms with Gasteiger partial charge in [-0.05, 0) is 78.8 Å². The number of carboxylic acid groups (broad SMARTS) is 1. The first-order valence-electron chi connectivity index (χ1n) is 29.2. The molecule has 13 rings (SSSR count). The van der Waals surface area contributed by atoms with Crippen LogP contribution in [-0.2, 0) is 41.4 Å². The number of phenols is 3. The molecule has 9 aliphatic rings. The Morgan fingerprint density at radius 2 is 1.68 bits per heavy atom. The molecule has 2 aromatic carbocycles. The number of carbonyl (C=O) groups is 3. The maximum Gasteiger partial charge on any atom is 0.354 e. The van der Waals surface area contributed by atoms with Crippen LogP contribution in [-0.4, -0.2) is 174 Å². The summed E-state index contributed by atoms with van der Waals surface area (Å²) in [5, 5.41) is 159. The van der Waals surface area contributed by atoms with Crippen LogP contribution in [0.1, 0.15) is 99.4 Å². The number of ether oxygens (including phenoxy) is 4. The number of carbonyl (C=O) groups excluding carboxylic acids is 2. The molecule has 2 aromatic heterocycles. The number of phenolic OH excluding ortho intramolecular Hbond substituents is 3. The number of aliphatic hydroxyl groups excluding tert-OH is 6. The molecule has 466 valence electrons. The van der Waals surface area contributed by atoms with Crippen molar-refractivity contribution in [2.45, 2.75) is 155 Å². The Labute approximate surface area is 501 Å². The van der Waals surface area contributed by atoms with Gasteiger partial charge in [-0.2, -0.15) is 0 Å². The molecule has 3 saturated heterocycles. The van der Waals surface area contributed by atoms with Gasteiger partial charge < -0.3 is 105 Å². The number of allylic oxidation sites excluding steroid dienone is 4. The SMILES string of the molecule is CC1CCNC2NC(CC3CCCC3)=C(C3C=C4Cc5[nH]ccc5C#CCC5(O)C(O)C(O)C4(Oc4cc6oc(-c7cc(O)c(O)c(CCO)c7)cc(=O)c6c(O)c43)OC53CC#CC4(C(=O)O)OC(CC(CO)CC=O)(OC3=O)C(O)C(O)C4(O)O)C=C12. The third-order valence-corrected chi connectivity index (χ3v) is 19.1. The van der Waals surface area contributed by atoms with Crippen LogP contribution in [0.4, 0.5) is 0 Å². The fraction of sp³-hybridized carbons (Fsp3) is 0.492. The monoisotopic (exact) mass is 1220 g/mol. The summed E-state index contributed by atoms with van der Waals surface area (Å²) >= 11 is 0. The van der Waals surface area contributed by atoms with Gasteiger partial charge in [0.25, 0.3) is 11.4 Å². The van der Waals surface area contributed by atoms with Crippen molar-refractivity contribution in [2.75, 3.05) is 19.8 Å². The quantitative estimate of drug-likeness (QED) is 0.0230. The van der Waals surface area contributed by atoms with Crippen LogP contribution in [0.2, 0.25) is 0 Å². The van der Waals surface area contributed by atoms with E-state index in [9.17, 15) is 80.8 Å². The van der Waals surface area contributed by atoms with Crippen molar-refractivity contribution < 1.29 is 104 Å². The Morgan fingerprint density at radius 1 is 0.909 bits per heavy atom. The topological polar surface area (TPSA) is 421 Å². The van der Waals surface area contributed by atoms with Crippen molar-refractivity contribution in [3.05, 3.63) is 104 Å². The molecule has 0 amide bonds. The smallest absolute Gasteiger partial charge is 0.354 e. The summed E-state index contributed by atoms with van der Waals surface area (Å²) in [6, 6.07) is 6.28. The third kappa shape index (κ3) is 9.24. The molecule has 16 N–H and O–H groups in total. The van der Waals surface area contributed by atoms with Crippen LogP contribution >= 0.6 is 0 Å². The Bertz CT molecular complexity index is 3840. The number of esters is 1. The molecule has 4 bridgehead atoms. The van der Waals surface area contributed by atoms with Crippen LogP contribution in [0.25, 0.3) is 22.3 Å². The van der Waals surface area contributed by atoms with Crippen molar-refractivity contribution in [2.24, 2.45) is 17.8 Å². The molecule has 88 heavy (non-hydrogen) atoms. The van der Waals surface area contributed by atoms with Gasteiger partial charge in [0, 0.05) is 102 Å². The van der Waals surface area contributed by atoms with Gasteiger partial charge in [-0.15, -0.1) is 0 Å². The lowest BCUT2D eigenvalue weighted by atomic mass is 9.67. The van der Waals surface area contributed by atoms with Gasteiger partial charge >= 0.3 is 11.9 Å². The standard InChI is InChI=1S/C63H67N3O22/c1-30-9-16-65-55-37(30)25-38(41(66-55)20-31-6-2-3-7-31)39-23-36-24-40-33(10-17-64-40)8-4-13-58(81)51(74)53(76)62(36,85-46-27-45-48(50(73)47(39)46)42(70)26-44(84-45)35-21-34(12-19-68)49(72)43(71)22-35)88-60(58)15-5-14-59(56(78)79)63(82,83)54(77)52(75)61(87-59,86-57(60)80)28-32(29-69)11-18-67/h10,17-18,21-23,25-27,30-32,39,51-55,64-66,68-69,71-77,81-83H,2-3,6-7,9,11-13,15-16,19-20,24,28-29H2,1H3,(H,78,79). The fourth-order valence-electron chi connectivity index (χ4n) is 14.2. The zero-order valence-corrected chi connectivity index (χ0v) is 47.5. The van der Waals surface area contributed by atoms with Crippen molar-refractivity contribution in [1.29, 1.82) is 0 Å². The first kappa shape index (κ1) is 60.7. The lowest BCUT2D eigenvalue weighted by molar-refractivity contribution is -0.434. The number of aliphatic carboxylic acids is 1. The van der Waals surface area contributed by atoms with E-state index >= 15 is 4.79 Å². The van der Waals surface area contributed by atoms with Crippen molar-refractivity contribution in [3.8, 4) is 58.0 Å². The van der Waals surface area contributed by atoms with E-state index in [1.165, 1.54) is 12.1 Å². The molecule has 1 saturated carbocycles. The van der Waals surface area contributed by atoms with Crippen molar-refractivity contribution in [1.82, 2.24) is 15.6 Å². The van der Waals surface area contributed by atoms with Crippen LogP contribution in [0.5, 0.6) is 23.0 Å². The first-order valence-corrected chi connectivity index (χ1v) is 29.2. The zero-order valence-electron chi connectivity index (χ0n) is 47.5. The Hall–Kier alpha value is -7.60. The molecule has 9 heterocycles. The van der Waals surface area contributed by atoms with Gasteiger partial charge in [0.15, 0.2) is 29.1 Å². The van der Waals surface area contributed by atoms with Gasteiger partial charge in [0.1, 0.15) is 52.3 Å². The van der Waals surface area contributed by atoms with Crippen molar-refractivity contribution in [3.63, 3.8) is 0 Å². The summed E-state index contributed by atoms with van der Waals surface area (Å²) in [7, 11) is 0. The average Bonchev–Trinajstić information content (AvgIpc) is 1.36. The Balaban J connectivity index is 1.17. The van der Waals surface area contributed by atoms with Crippen LogP contribution in [0, 0.1) is 41.4 Å². The highest BCUT2D eigenvalue weighted by molar-refractivity contribution is 5.90. The number of carboxylic acids is 1. The lowest BCUT2D eigenvalue weighted by Gasteiger charge is -2.58. The molecule has 2 aliphatic carbocycles. The molecular formula is C63H67N3O22. The molecule has 7 aliphatic heterocycles. The van der Waals surface area contributed by atoms with E-state index in [1.807, 2.05) is 6.08 Å². The summed E-state index contributed by atoms with van der Waals surface area (Å²) in [4.78, 5) is 59.7. The van der Waals surface area contributed by atoms with Crippen LogP contribution in [0.3, 0.4) is 0 Å². The van der Waals surface area contributed by atoms with E-state index in [4.69, 9.17) is 23.4 Å². The van der Waals surface area contributed by atoms with E-state index in [1.54, 1.807) is 18.3 Å². The minimum atomic E-state index is -4.07. The molecule has 13 atom stereocenters. The molecule has 2 spiro atoms. The number of hydrogen-bond donors (Lipinski definition) is 16. The number of hydrogen-bond acceptors (Lipinski definition) is 23. The number of dihydropyridines is 1. The summed E-state index contributed by atoms with van der Waals surface area (Å²) in [5.41, 5.74) is -9.16. The van der Waals surface area contributed by atoms with E-state index in [0.29, 0.717) is 30.5 Å². The van der Waals surface area contributed by atoms with E-state index in [2.05, 4.69) is 46.2 Å². The molecule has 13 unspecified atom stereocenters. The normalized spacial score (nSPS) is 33.4. The molecule has 25 heteroatoms. The minimum Gasteiger partial charge on any atom is -0.507 e. The highest BCUT2D eigenvalue weighted by Gasteiger charge is 2.78. The number of H-pyrrole nitrogens is 1. The molecule has 4 aromatic rings. The van der Waals surface area contributed by atoms with E-state index < -0.39 is 167 Å². The fourth-order valence-corrected chi connectivity index (χ4v) is 14.2. The number of aldehydes is 1. The summed E-state index contributed by atoms with van der Waals surface area (Å²) in [6.45, 7) is 1.34. The Kier molecular flexibility index (Phi) is 15.3. The van der Waals surface area contributed by atoms with Gasteiger partial charge in [-0.3, -0.25) is 10.1 Å². The maximum atomic E-state index is 16.2.